The Hall–Kier alpha value is -1.43. The van der Waals surface area contributed by atoms with Crippen LogP contribution >= 0.6 is 22.6 Å². The van der Waals surface area contributed by atoms with Crippen molar-refractivity contribution >= 4 is 45.1 Å². The van der Waals surface area contributed by atoms with Crippen LogP contribution in [0.5, 0.6) is 0 Å². The first-order chi connectivity index (χ1) is 8.72. The molecule has 0 radical (unpaired) electrons. The van der Waals surface area contributed by atoms with Crippen molar-refractivity contribution in [2.24, 2.45) is 0 Å². The summed E-state index contributed by atoms with van der Waals surface area (Å²) in [5, 5.41) is 3.95. The number of amides is 1. The average Bonchev–Trinajstić information content (AvgIpc) is 2.40. The molecular weight excluding hydrogens is 339 g/mol. The number of halogens is 1. The number of benzene rings is 1. The highest BCUT2D eigenvalue weighted by atomic mass is 127. The van der Waals surface area contributed by atoms with Crippen molar-refractivity contribution in [3.05, 3.63) is 46.7 Å². The van der Waals surface area contributed by atoms with Gasteiger partial charge in [0.15, 0.2) is 0 Å². The molecule has 1 aromatic heterocycles. The molecule has 0 unspecified atom stereocenters. The Morgan fingerprint density at radius 2 is 2.28 bits per heavy atom. The second-order valence-electron chi connectivity index (χ2n) is 3.87. The summed E-state index contributed by atoms with van der Waals surface area (Å²) < 4.78 is 1.12. The number of nitrogens with one attached hydrogen (secondary N) is 1. The van der Waals surface area contributed by atoms with E-state index in [0.717, 1.165) is 20.2 Å². The van der Waals surface area contributed by atoms with Gasteiger partial charge < -0.3 is 5.32 Å². The number of fused-ring (bicyclic) bond motifs is 1. The van der Waals surface area contributed by atoms with Gasteiger partial charge in [-0.2, -0.15) is 0 Å². The zero-order chi connectivity index (χ0) is 13.0. The van der Waals surface area contributed by atoms with Gasteiger partial charge in [-0.05, 0) is 47.2 Å². The molecule has 0 aliphatic rings. The van der Waals surface area contributed by atoms with Crippen LogP contribution in [0, 0.1) is 3.57 Å². The molecule has 0 aliphatic carbocycles. The van der Waals surface area contributed by atoms with Crippen LogP contribution in [0.4, 0.5) is 5.69 Å². The van der Waals surface area contributed by atoms with Crippen molar-refractivity contribution in [1.29, 1.82) is 0 Å². The lowest BCUT2D eigenvalue weighted by Crippen LogP contribution is -2.11. The molecule has 2 aromatic rings. The van der Waals surface area contributed by atoms with Gasteiger partial charge in [0.05, 0.1) is 11.2 Å². The first-order valence-corrected chi connectivity index (χ1v) is 6.74. The maximum atomic E-state index is 11.7. The molecule has 18 heavy (non-hydrogen) atoms. The molecule has 1 amide bonds. The van der Waals surface area contributed by atoms with Crippen LogP contribution in [0.1, 0.15) is 12.8 Å². The fourth-order valence-electron chi connectivity index (χ4n) is 1.68. The van der Waals surface area contributed by atoms with Gasteiger partial charge in [-0.3, -0.25) is 9.78 Å². The highest BCUT2D eigenvalue weighted by Gasteiger charge is 2.07. The number of hydrogen-bond acceptors (Lipinski definition) is 2. The van der Waals surface area contributed by atoms with Crippen molar-refractivity contribution in [2.45, 2.75) is 12.8 Å². The van der Waals surface area contributed by atoms with Gasteiger partial charge in [0.25, 0.3) is 0 Å². The van der Waals surface area contributed by atoms with E-state index >= 15 is 0 Å². The largest absolute Gasteiger partial charge is 0.324 e. The average molecular weight is 352 g/mol. The second kappa shape index (κ2) is 5.95. The van der Waals surface area contributed by atoms with E-state index in [1.54, 1.807) is 12.3 Å². The van der Waals surface area contributed by atoms with E-state index in [0.29, 0.717) is 12.8 Å². The van der Waals surface area contributed by atoms with Crippen LogP contribution in [-0.2, 0) is 4.79 Å². The minimum atomic E-state index is -0.0111. The Labute approximate surface area is 119 Å². The first kappa shape index (κ1) is 13.0. The van der Waals surface area contributed by atoms with E-state index in [-0.39, 0.29) is 5.91 Å². The summed E-state index contributed by atoms with van der Waals surface area (Å²) in [5.41, 5.74) is 1.59. The third-order valence-corrected chi connectivity index (χ3v) is 3.51. The second-order valence-corrected chi connectivity index (χ2v) is 5.03. The van der Waals surface area contributed by atoms with Crippen molar-refractivity contribution in [1.82, 2.24) is 4.98 Å². The molecule has 3 nitrogen and oxygen atoms in total. The fraction of sp³-hybridized carbons (Fsp3) is 0.143. The molecule has 0 spiro atoms. The first-order valence-electron chi connectivity index (χ1n) is 5.66. The number of hydrogen-bond donors (Lipinski definition) is 1. The Morgan fingerprint density at radius 3 is 3.06 bits per heavy atom. The van der Waals surface area contributed by atoms with Crippen molar-refractivity contribution < 1.29 is 4.79 Å². The molecule has 0 fully saturated rings. The SMILES string of the molecule is C=CCCC(=O)Nc1ccc(I)c2cccnc12. The number of nitrogens with zero attached hydrogens (tertiary/aromatic N) is 1. The maximum absolute atomic E-state index is 11.7. The lowest BCUT2D eigenvalue weighted by atomic mass is 10.2. The smallest absolute Gasteiger partial charge is 0.224 e. The van der Waals surface area contributed by atoms with Gasteiger partial charge >= 0.3 is 0 Å². The van der Waals surface area contributed by atoms with E-state index in [9.17, 15) is 4.79 Å². The number of rotatable bonds is 4. The number of pyridine rings is 1. The molecule has 0 bridgehead atoms. The molecule has 4 heteroatoms. The van der Waals surface area contributed by atoms with Crippen LogP contribution < -0.4 is 5.32 Å². The Kier molecular flexibility index (Phi) is 4.30. The number of carbonyl (C=O) groups excluding carboxylic acids is 1. The molecule has 2 rings (SSSR count). The van der Waals surface area contributed by atoms with Crippen LogP contribution in [-0.4, -0.2) is 10.9 Å². The molecule has 1 heterocycles. The Bertz CT molecular complexity index is 595. The van der Waals surface area contributed by atoms with Gasteiger partial charge in [0.1, 0.15) is 0 Å². The summed E-state index contributed by atoms with van der Waals surface area (Å²) in [6, 6.07) is 7.77. The quantitative estimate of drug-likeness (QED) is 0.673. The number of anilines is 1. The predicted octanol–water partition coefficient (Wildman–Crippen LogP) is 3.74. The summed E-state index contributed by atoms with van der Waals surface area (Å²) in [5.74, 6) is -0.0111. The molecule has 0 saturated heterocycles. The van der Waals surface area contributed by atoms with E-state index in [1.807, 2.05) is 24.3 Å². The third-order valence-electron chi connectivity index (χ3n) is 2.57. The van der Waals surface area contributed by atoms with E-state index < -0.39 is 0 Å². The standard InChI is InChI=1S/C14H13IN2O/c1-2-3-6-13(18)17-12-8-7-11(15)10-5-4-9-16-14(10)12/h2,4-5,7-9H,1,3,6H2,(H,17,18). The lowest BCUT2D eigenvalue weighted by molar-refractivity contribution is -0.116. The van der Waals surface area contributed by atoms with Gasteiger partial charge in [-0.1, -0.05) is 12.1 Å². The number of allylic oxidation sites excluding steroid dienone is 1. The van der Waals surface area contributed by atoms with Gasteiger partial charge in [0, 0.05) is 21.6 Å². The van der Waals surface area contributed by atoms with Crippen LogP contribution in [0.2, 0.25) is 0 Å². The normalized spacial score (nSPS) is 10.3. The molecule has 92 valence electrons. The van der Waals surface area contributed by atoms with E-state index in [2.05, 4.69) is 39.5 Å². The van der Waals surface area contributed by atoms with Crippen LogP contribution in [0.25, 0.3) is 10.9 Å². The van der Waals surface area contributed by atoms with Gasteiger partial charge in [-0.25, -0.2) is 0 Å². The Balaban J connectivity index is 2.31. The monoisotopic (exact) mass is 352 g/mol. The topological polar surface area (TPSA) is 42.0 Å². The van der Waals surface area contributed by atoms with Crippen molar-refractivity contribution in [3.63, 3.8) is 0 Å². The maximum Gasteiger partial charge on any atom is 0.224 e. The number of carbonyl (C=O) groups is 1. The zero-order valence-electron chi connectivity index (χ0n) is 9.82. The molecule has 0 atom stereocenters. The van der Waals surface area contributed by atoms with E-state index in [4.69, 9.17) is 0 Å². The minimum Gasteiger partial charge on any atom is -0.324 e. The van der Waals surface area contributed by atoms with E-state index in [1.165, 1.54) is 0 Å². The highest BCUT2D eigenvalue weighted by molar-refractivity contribution is 14.1. The summed E-state index contributed by atoms with van der Waals surface area (Å²) in [7, 11) is 0. The molecule has 1 N–H and O–H groups in total. The summed E-state index contributed by atoms with van der Waals surface area (Å²) in [6.45, 7) is 3.61. The summed E-state index contributed by atoms with van der Waals surface area (Å²) >= 11 is 2.27. The third kappa shape index (κ3) is 2.87. The van der Waals surface area contributed by atoms with Gasteiger partial charge in [0.2, 0.25) is 5.91 Å². The minimum absolute atomic E-state index is 0.0111. The van der Waals surface area contributed by atoms with Crippen LogP contribution in [0.15, 0.2) is 43.1 Å². The Morgan fingerprint density at radius 1 is 1.44 bits per heavy atom. The molecular formula is C14H13IN2O. The van der Waals surface area contributed by atoms with Crippen LogP contribution in [0.3, 0.4) is 0 Å². The van der Waals surface area contributed by atoms with Crippen molar-refractivity contribution in [2.75, 3.05) is 5.32 Å². The lowest BCUT2D eigenvalue weighted by Gasteiger charge is -2.08. The zero-order valence-corrected chi connectivity index (χ0v) is 12.0. The number of aromatic nitrogens is 1. The fourth-order valence-corrected chi connectivity index (χ4v) is 2.30. The summed E-state index contributed by atoms with van der Waals surface area (Å²) in [6.07, 6.45) is 4.60. The summed E-state index contributed by atoms with van der Waals surface area (Å²) in [4.78, 5) is 16.0. The van der Waals surface area contributed by atoms with Crippen molar-refractivity contribution in [3.8, 4) is 0 Å². The predicted molar refractivity (Wildman–Crippen MR) is 82.5 cm³/mol. The molecule has 0 aliphatic heterocycles. The van der Waals surface area contributed by atoms with Gasteiger partial charge in [-0.15, -0.1) is 6.58 Å². The molecule has 1 aromatic carbocycles. The molecule has 0 saturated carbocycles. The highest BCUT2D eigenvalue weighted by Crippen LogP contribution is 2.25.